The van der Waals surface area contributed by atoms with Gasteiger partial charge in [0.15, 0.2) is 0 Å². The number of sulfonamides is 1. The number of hydrogen-bond donors (Lipinski definition) is 0. The standard InChI is InChI=1S/C27H25FN2O4S2/c1-18-15-30(16-19(2)33-18)36(31,32)25-5-3-4-21(14-25)26-17-35-27(29-26)20-6-10-23(11-7-20)34-24-12-8-22(28)9-13-24/h3-14,17-19H,15-16H2,1-2H3. The first-order valence-electron chi connectivity index (χ1n) is 11.5. The largest absolute Gasteiger partial charge is 0.457 e. The predicted octanol–water partition coefficient (Wildman–Crippen LogP) is 6.21. The highest BCUT2D eigenvalue weighted by Gasteiger charge is 2.32. The fourth-order valence-corrected chi connectivity index (χ4v) is 6.61. The number of hydrogen-bond acceptors (Lipinski definition) is 6. The van der Waals surface area contributed by atoms with Gasteiger partial charge in [-0.15, -0.1) is 11.3 Å². The van der Waals surface area contributed by atoms with E-state index in [2.05, 4.69) is 0 Å². The maximum Gasteiger partial charge on any atom is 0.243 e. The van der Waals surface area contributed by atoms with Gasteiger partial charge in [-0.3, -0.25) is 0 Å². The van der Waals surface area contributed by atoms with Gasteiger partial charge in [-0.2, -0.15) is 4.31 Å². The van der Waals surface area contributed by atoms with Crippen LogP contribution in [0.4, 0.5) is 4.39 Å². The van der Waals surface area contributed by atoms with Gasteiger partial charge in [0, 0.05) is 29.6 Å². The highest BCUT2D eigenvalue weighted by atomic mass is 32.2. The van der Waals surface area contributed by atoms with Crippen molar-refractivity contribution in [1.82, 2.24) is 9.29 Å². The van der Waals surface area contributed by atoms with Crippen molar-refractivity contribution in [3.63, 3.8) is 0 Å². The molecule has 2 atom stereocenters. The van der Waals surface area contributed by atoms with Crippen molar-refractivity contribution in [3.05, 3.63) is 84.0 Å². The first-order chi connectivity index (χ1) is 17.3. The van der Waals surface area contributed by atoms with Crippen LogP contribution < -0.4 is 4.74 Å². The lowest BCUT2D eigenvalue weighted by molar-refractivity contribution is -0.0440. The zero-order valence-electron chi connectivity index (χ0n) is 19.8. The molecule has 6 nitrogen and oxygen atoms in total. The van der Waals surface area contributed by atoms with Gasteiger partial charge in [0.1, 0.15) is 22.3 Å². The molecule has 1 aliphatic rings. The fourth-order valence-electron chi connectivity index (χ4n) is 4.14. The van der Waals surface area contributed by atoms with Crippen LogP contribution in [0.2, 0.25) is 0 Å². The third-order valence-corrected chi connectivity index (χ3v) is 8.53. The zero-order valence-corrected chi connectivity index (χ0v) is 21.4. The Labute approximate surface area is 214 Å². The van der Waals surface area contributed by atoms with E-state index in [9.17, 15) is 12.8 Å². The SMILES string of the molecule is CC1CN(S(=O)(=O)c2cccc(-c3csc(-c4ccc(Oc5ccc(F)cc5)cc4)n3)c2)CC(C)O1. The molecule has 2 unspecified atom stereocenters. The van der Waals surface area contributed by atoms with E-state index in [1.54, 1.807) is 30.3 Å². The molecule has 0 radical (unpaired) electrons. The monoisotopic (exact) mass is 524 g/mol. The summed E-state index contributed by atoms with van der Waals surface area (Å²) in [6, 6.07) is 20.2. The minimum atomic E-state index is -3.64. The van der Waals surface area contributed by atoms with E-state index in [1.807, 2.05) is 49.6 Å². The second kappa shape index (κ2) is 10.1. The summed E-state index contributed by atoms with van der Waals surface area (Å²) in [6.07, 6.45) is -0.305. The van der Waals surface area contributed by atoms with Gasteiger partial charge in [-0.1, -0.05) is 12.1 Å². The molecule has 0 amide bonds. The van der Waals surface area contributed by atoms with Gasteiger partial charge >= 0.3 is 0 Å². The number of halogens is 1. The highest BCUT2D eigenvalue weighted by molar-refractivity contribution is 7.89. The molecule has 0 spiro atoms. The molecule has 4 aromatic rings. The molecule has 1 fully saturated rings. The molecule has 186 valence electrons. The lowest BCUT2D eigenvalue weighted by atomic mass is 10.2. The summed E-state index contributed by atoms with van der Waals surface area (Å²) in [7, 11) is -3.64. The predicted molar refractivity (Wildman–Crippen MR) is 138 cm³/mol. The van der Waals surface area contributed by atoms with Crippen molar-refractivity contribution in [2.45, 2.75) is 31.0 Å². The van der Waals surface area contributed by atoms with E-state index in [0.29, 0.717) is 30.3 Å². The number of nitrogens with zero attached hydrogens (tertiary/aromatic N) is 2. The van der Waals surface area contributed by atoms with Crippen LogP contribution in [-0.4, -0.2) is 43.0 Å². The number of aromatic nitrogens is 1. The van der Waals surface area contributed by atoms with Crippen LogP contribution in [0.3, 0.4) is 0 Å². The second-order valence-electron chi connectivity index (χ2n) is 8.73. The van der Waals surface area contributed by atoms with Gasteiger partial charge in [-0.05, 0) is 74.5 Å². The van der Waals surface area contributed by atoms with Crippen LogP contribution in [0.15, 0.2) is 83.1 Å². The normalized spacial score (nSPS) is 18.8. The number of thiazole rings is 1. The Morgan fingerprint density at radius 2 is 1.58 bits per heavy atom. The van der Waals surface area contributed by atoms with Crippen molar-refractivity contribution >= 4 is 21.4 Å². The van der Waals surface area contributed by atoms with E-state index in [1.165, 1.54) is 27.8 Å². The topological polar surface area (TPSA) is 68.7 Å². The first-order valence-corrected chi connectivity index (χ1v) is 13.9. The molecule has 3 aromatic carbocycles. The molecule has 0 aliphatic carbocycles. The van der Waals surface area contributed by atoms with Crippen molar-refractivity contribution < 1.29 is 22.3 Å². The Balaban J connectivity index is 1.34. The number of morpholine rings is 1. The van der Waals surface area contributed by atoms with E-state index in [-0.39, 0.29) is 22.9 Å². The summed E-state index contributed by atoms with van der Waals surface area (Å²) in [5, 5.41) is 2.73. The summed E-state index contributed by atoms with van der Waals surface area (Å²) < 4.78 is 52.6. The quantitative estimate of drug-likeness (QED) is 0.300. The van der Waals surface area contributed by atoms with Gasteiger partial charge in [0.25, 0.3) is 0 Å². The summed E-state index contributed by atoms with van der Waals surface area (Å²) in [4.78, 5) is 4.99. The molecule has 0 bridgehead atoms. The third kappa shape index (κ3) is 5.34. The van der Waals surface area contributed by atoms with E-state index >= 15 is 0 Å². The average Bonchev–Trinajstić information content (AvgIpc) is 3.36. The summed E-state index contributed by atoms with van der Waals surface area (Å²) in [6.45, 7) is 4.43. The average molecular weight is 525 g/mol. The third-order valence-electron chi connectivity index (χ3n) is 5.81. The van der Waals surface area contributed by atoms with Crippen molar-refractivity contribution in [3.8, 4) is 33.3 Å². The lowest BCUT2D eigenvalue weighted by Gasteiger charge is -2.34. The Morgan fingerprint density at radius 1 is 0.944 bits per heavy atom. The van der Waals surface area contributed by atoms with E-state index < -0.39 is 10.0 Å². The van der Waals surface area contributed by atoms with Crippen LogP contribution in [0, 0.1) is 5.82 Å². The summed E-state index contributed by atoms with van der Waals surface area (Å²) >= 11 is 1.48. The van der Waals surface area contributed by atoms with E-state index in [0.717, 1.165) is 16.1 Å². The number of rotatable bonds is 6. The second-order valence-corrected chi connectivity index (χ2v) is 11.5. The number of benzene rings is 3. The Hall–Kier alpha value is -3.11. The van der Waals surface area contributed by atoms with Crippen LogP contribution in [-0.2, 0) is 14.8 Å². The highest BCUT2D eigenvalue weighted by Crippen LogP contribution is 2.32. The zero-order chi connectivity index (χ0) is 25.3. The Morgan fingerprint density at radius 3 is 2.25 bits per heavy atom. The molecular formula is C27H25FN2O4S2. The molecule has 0 saturated carbocycles. The molecule has 2 heterocycles. The Bertz CT molecular complexity index is 1440. The van der Waals surface area contributed by atoms with Gasteiger partial charge in [-0.25, -0.2) is 17.8 Å². The summed E-state index contributed by atoms with van der Waals surface area (Å²) in [5.74, 6) is 0.869. The molecule has 36 heavy (non-hydrogen) atoms. The maximum absolute atomic E-state index is 13.3. The molecule has 0 N–H and O–H groups in total. The maximum atomic E-state index is 13.3. The number of ether oxygens (including phenoxy) is 2. The molecule has 9 heteroatoms. The Kier molecular flexibility index (Phi) is 6.90. The summed E-state index contributed by atoms with van der Waals surface area (Å²) in [5.41, 5.74) is 2.37. The molecular weight excluding hydrogens is 499 g/mol. The van der Waals surface area contributed by atoms with Crippen LogP contribution in [0.25, 0.3) is 21.8 Å². The minimum Gasteiger partial charge on any atom is -0.457 e. The van der Waals surface area contributed by atoms with Gasteiger partial charge < -0.3 is 9.47 Å². The van der Waals surface area contributed by atoms with Crippen molar-refractivity contribution in [2.75, 3.05) is 13.1 Å². The van der Waals surface area contributed by atoms with Crippen LogP contribution >= 0.6 is 11.3 Å². The fraction of sp³-hybridized carbons (Fsp3) is 0.222. The van der Waals surface area contributed by atoms with Gasteiger partial charge in [0.2, 0.25) is 10.0 Å². The van der Waals surface area contributed by atoms with Crippen molar-refractivity contribution in [2.24, 2.45) is 0 Å². The molecule has 1 aliphatic heterocycles. The van der Waals surface area contributed by atoms with Crippen LogP contribution in [0.5, 0.6) is 11.5 Å². The minimum absolute atomic E-state index is 0.153. The smallest absolute Gasteiger partial charge is 0.243 e. The first kappa shape index (κ1) is 24.6. The molecule has 1 aromatic heterocycles. The van der Waals surface area contributed by atoms with Crippen LogP contribution in [0.1, 0.15) is 13.8 Å². The lowest BCUT2D eigenvalue weighted by Crippen LogP contribution is -2.48. The van der Waals surface area contributed by atoms with E-state index in [4.69, 9.17) is 14.5 Å². The van der Waals surface area contributed by atoms with Gasteiger partial charge in [0.05, 0.1) is 22.8 Å². The molecule has 5 rings (SSSR count). The van der Waals surface area contributed by atoms with Crippen molar-refractivity contribution in [1.29, 1.82) is 0 Å². The molecule has 1 saturated heterocycles.